The molecule has 2 aromatic carbocycles. The lowest BCUT2D eigenvalue weighted by Gasteiger charge is -2.22. The minimum atomic E-state index is -4.25. The number of nitrogens with one attached hydrogen (secondary N) is 1. The standard InChI is InChI=1S/C19H22N2O5S/c20-12-15-6-2-4-11-18(15)25-13-16-7-1-3-10-17(16)21-27(23,24)26-19(22)14-8-5-9-14/h1-4,6-7,10-11,14,21H,5,8-9,12-13,20H2. The second-order valence-electron chi connectivity index (χ2n) is 6.34. The molecule has 0 aromatic heterocycles. The van der Waals surface area contributed by atoms with Crippen LogP contribution in [0.1, 0.15) is 30.4 Å². The zero-order chi connectivity index (χ0) is 19.3. The number of ether oxygens (including phenoxy) is 1. The van der Waals surface area contributed by atoms with Gasteiger partial charge in [-0.15, -0.1) is 0 Å². The van der Waals surface area contributed by atoms with Crippen LogP contribution in [0, 0.1) is 5.92 Å². The number of carbonyl (C=O) groups excluding carboxylic acids is 1. The Balaban J connectivity index is 1.69. The normalized spacial score (nSPS) is 14.3. The Morgan fingerprint density at radius 1 is 1.07 bits per heavy atom. The van der Waals surface area contributed by atoms with Crippen LogP contribution in [0.5, 0.6) is 5.75 Å². The van der Waals surface area contributed by atoms with E-state index in [4.69, 9.17) is 10.5 Å². The maximum atomic E-state index is 12.2. The zero-order valence-electron chi connectivity index (χ0n) is 14.8. The summed E-state index contributed by atoms with van der Waals surface area (Å²) in [5, 5.41) is 0. The van der Waals surface area contributed by atoms with E-state index in [0.29, 0.717) is 36.4 Å². The fourth-order valence-corrected chi connectivity index (χ4v) is 3.55. The Morgan fingerprint density at radius 2 is 1.74 bits per heavy atom. The Hall–Kier alpha value is -2.58. The quantitative estimate of drug-likeness (QED) is 0.718. The molecule has 2 aromatic rings. The lowest BCUT2D eigenvalue weighted by molar-refractivity contribution is -0.140. The summed E-state index contributed by atoms with van der Waals surface area (Å²) in [6.45, 7) is 0.466. The maximum absolute atomic E-state index is 12.2. The molecule has 0 saturated heterocycles. The van der Waals surface area contributed by atoms with Gasteiger partial charge < -0.3 is 14.7 Å². The van der Waals surface area contributed by atoms with E-state index in [0.717, 1.165) is 12.0 Å². The van der Waals surface area contributed by atoms with Crippen LogP contribution >= 0.6 is 0 Å². The molecule has 1 fully saturated rings. The molecule has 0 bridgehead atoms. The van der Waals surface area contributed by atoms with E-state index < -0.39 is 16.3 Å². The molecule has 0 unspecified atom stereocenters. The third-order valence-electron chi connectivity index (χ3n) is 4.46. The molecule has 3 rings (SSSR count). The summed E-state index contributed by atoms with van der Waals surface area (Å²) in [5.74, 6) is -0.402. The molecule has 0 heterocycles. The van der Waals surface area contributed by atoms with Crippen molar-refractivity contribution in [3.63, 3.8) is 0 Å². The van der Waals surface area contributed by atoms with E-state index in [1.165, 1.54) is 0 Å². The highest BCUT2D eigenvalue weighted by Crippen LogP contribution is 2.28. The van der Waals surface area contributed by atoms with Crippen LogP contribution in [0.2, 0.25) is 0 Å². The van der Waals surface area contributed by atoms with E-state index in [-0.39, 0.29) is 12.5 Å². The molecule has 1 saturated carbocycles. The third kappa shape index (κ3) is 4.99. The Bertz CT molecular complexity index is 910. The molecule has 144 valence electrons. The number of hydrogen-bond donors (Lipinski definition) is 2. The van der Waals surface area contributed by atoms with Gasteiger partial charge >= 0.3 is 16.3 Å². The van der Waals surface area contributed by atoms with Crippen LogP contribution < -0.4 is 15.2 Å². The number of nitrogens with two attached hydrogens (primary N) is 1. The minimum Gasteiger partial charge on any atom is -0.488 e. The van der Waals surface area contributed by atoms with E-state index in [9.17, 15) is 13.2 Å². The van der Waals surface area contributed by atoms with Gasteiger partial charge in [-0.3, -0.25) is 9.52 Å². The SMILES string of the molecule is NCc1ccccc1OCc1ccccc1NS(=O)(=O)OC(=O)C1CCC1. The summed E-state index contributed by atoms with van der Waals surface area (Å²) in [4.78, 5) is 11.8. The molecule has 0 radical (unpaired) electrons. The van der Waals surface area contributed by atoms with Crippen LogP contribution in [-0.4, -0.2) is 14.4 Å². The number of anilines is 1. The Morgan fingerprint density at radius 3 is 2.41 bits per heavy atom. The van der Waals surface area contributed by atoms with E-state index in [1.54, 1.807) is 30.3 Å². The van der Waals surface area contributed by atoms with Crippen LogP contribution in [0.3, 0.4) is 0 Å². The highest BCUT2D eigenvalue weighted by molar-refractivity contribution is 7.88. The van der Waals surface area contributed by atoms with Crippen molar-refractivity contribution < 1.29 is 22.1 Å². The van der Waals surface area contributed by atoms with Gasteiger partial charge in [-0.2, -0.15) is 8.42 Å². The highest BCUT2D eigenvalue weighted by Gasteiger charge is 2.30. The average molecular weight is 390 g/mol. The summed E-state index contributed by atoms with van der Waals surface area (Å²) in [7, 11) is -4.25. The molecule has 7 nitrogen and oxygen atoms in total. The lowest BCUT2D eigenvalue weighted by atomic mass is 9.86. The first-order valence-corrected chi connectivity index (χ1v) is 10.1. The number of benzene rings is 2. The zero-order valence-corrected chi connectivity index (χ0v) is 15.6. The van der Waals surface area contributed by atoms with Crippen molar-refractivity contribution in [1.82, 2.24) is 0 Å². The van der Waals surface area contributed by atoms with E-state index >= 15 is 0 Å². The summed E-state index contributed by atoms with van der Waals surface area (Å²) in [6.07, 6.45) is 2.25. The van der Waals surface area contributed by atoms with Crippen molar-refractivity contribution in [3.05, 3.63) is 59.7 Å². The number of hydrogen-bond acceptors (Lipinski definition) is 6. The fourth-order valence-electron chi connectivity index (χ4n) is 2.69. The lowest BCUT2D eigenvalue weighted by Crippen LogP contribution is -2.29. The minimum absolute atomic E-state index is 0.131. The van der Waals surface area contributed by atoms with Gasteiger partial charge in [-0.25, -0.2) is 0 Å². The first kappa shape index (κ1) is 19.2. The average Bonchev–Trinajstić information content (AvgIpc) is 2.58. The van der Waals surface area contributed by atoms with Crippen LogP contribution in [-0.2, 0) is 32.4 Å². The molecule has 1 aliphatic rings. The summed E-state index contributed by atoms with van der Waals surface area (Å²) < 4.78 is 37.1. The molecular formula is C19H22N2O5S. The molecule has 8 heteroatoms. The third-order valence-corrected chi connectivity index (χ3v) is 5.31. The molecule has 3 N–H and O–H groups in total. The Kier molecular flexibility index (Phi) is 5.98. The number of para-hydroxylation sites is 2. The van der Waals surface area contributed by atoms with Crippen molar-refractivity contribution in [2.24, 2.45) is 11.7 Å². The van der Waals surface area contributed by atoms with Crippen molar-refractivity contribution in [2.45, 2.75) is 32.4 Å². The van der Waals surface area contributed by atoms with Gasteiger partial charge in [0.1, 0.15) is 12.4 Å². The number of carbonyl (C=O) groups is 1. The maximum Gasteiger partial charge on any atom is 0.410 e. The number of rotatable bonds is 8. The summed E-state index contributed by atoms with van der Waals surface area (Å²) in [5.41, 5.74) is 7.45. The van der Waals surface area contributed by atoms with Gasteiger partial charge in [0.15, 0.2) is 0 Å². The molecular weight excluding hydrogens is 368 g/mol. The Labute approximate surface area is 158 Å². The summed E-state index contributed by atoms with van der Waals surface area (Å²) >= 11 is 0. The van der Waals surface area contributed by atoms with Gasteiger partial charge in [0, 0.05) is 17.7 Å². The largest absolute Gasteiger partial charge is 0.488 e. The van der Waals surface area contributed by atoms with Crippen molar-refractivity contribution in [3.8, 4) is 5.75 Å². The highest BCUT2D eigenvalue weighted by atomic mass is 32.2. The molecule has 0 amide bonds. The molecule has 0 aliphatic heterocycles. The molecule has 27 heavy (non-hydrogen) atoms. The van der Waals surface area contributed by atoms with E-state index in [2.05, 4.69) is 8.91 Å². The van der Waals surface area contributed by atoms with Gasteiger partial charge in [0.05, 0.1) is 11.6 Å². The van der Waals surface area contributed by atoms with Gasteiger partial charge in [-0.05, 0) is 25.0 Å². The van der Waals surface area contributed by atoms with Crippen molar-refractivity contribution >= 4 is 22.0 Å². The van der Waals surface area contributed by atoms with Crippen LogP contribution in [0.15, 0.2) is 48.5 Å². The predicted octanol–water partition coefficient (Wildman–Crippen LogP) is 2.72. The fraction of sp³-hybridized carbons (Fsp3) is 0.316. The summed E-state index contributed by atoms with van der Waals surface area (Å²) in [6, 6.07) is 14.1. The monoisotopic (exact) mass is 390 g/mol. The smallest absolute Gasteiger partial charge is 0.410 e. The first-order chi connectivity index (χ1) is 13.0. The van der Waals surface area contributed by atoms with E-state index in [1.807, 2.05) is 18.2 Å². The van der Waals surface area contributed by atoms with Crippen molar-refractivity contribution in [1.29, 1.82) is 0 Å². The van der Waals surface area contributed by atoms with Gasteiger partial charge in [0.2, 0.25) is 0 Å². The second-order valence-corrected chi connectivity index (χ2v) is 7.62. The van der Waals surface area contributed by atoms with Crippen LogP contribution in [0.4, 0.5) is 5.69 Å². The predicted molar refractivity (Wildman–Crippen MR) is 101 cm³/mol. The van der Waals surface area contributed by atoms with Crippen LogP contribution in [0.25, 0.3) is 0 Å². The van der Waals surface area contributed by atoms with Crippen molar-refractivity contribution in [2.75, 3.05) is 4.72 Å². The second kappa shape index (κ2) is 8.41. The topological polar surface area (TPSA) is 108 Å². The first-order valence-electron chi connectivity index (χ1n) is 8.73. The molecule has 0 spiro atoms. The molecule has 0 atom stereocenters. The van der Waals surface area contributed by atoms with Gasteiger partial charge in [0.25, 0.3) is 0 Å². The van der Waals surface area contributed by atoms with Gasteiger partial charge in [-0.1, -0.05) is 42.8 Å². The molecule has 1 aliphatic carbocycles.